The van der Waals surface area contributed by atoms with Crippen LogP contribution in [-0.2, 0) is 0 Å². The summed E-state index contributed by atoms with van der Waals surface area (Å²) in [5, 5.41) is 5.05. The SMILES string of the molecule is c1ccc(-c2cc(-c3cc(-c4ccccc4)c(-n4c5ccccc5c5ccc6sc7ccccc7c6c54)c(-c4ccccc4)c3)nc(-c3ccccc3)n2)cc1. The highest BCUT2D eigenvalue weighted by atomic mass is 32.1. The van der Waals surface area contributed by atoms with E-state index in [2.05, 4.69) is 180 Å². The van der Waals surface area contributed by atoms with Gasteiger partial charge in [-0.3, -0.25) is 0 Å². The molecule has 0 saturated carbocycles. The lowest BCUT2D eigenvalue weighted by molar-refractivity contribution is 1.17. The lowest BCUT2D eigenvalue weighted by atomic mass is 9.91. The minimum absolute atomic E-state index is 0.697. The molecule has 0 N–H and O–H groups in total. The first-order chi connectivity index (χ1) is 27.8. The van der Waals surface area contributed by atoms with Crippen LogP contribution in [0.5, 0.6) is 0 Å². The summed E-state index contributed by atoms with van der Waals surface area (Å²) in [6.45, 7) is 0. The van der Waals surface area contributed by atoms with E-state index >= 15 is 0 Å². The molecule has 0 aliphatic heterocycles. The lowest BCUT2D eigenvalue weighted by Crippen LogP contribution is -2.03. The summed E-state index contributed by atoms with van der Waals surface area (Å²) < 4.78 is 5.12. The van der Waals surface area contributed by atoms with Crippen LogP contribution in [0.3, 0.4) is 0 Å². The van der Waals surface area contributed by atoms with Crippen LogP contribution in [0.15, 0.2) is 200 Å². The van der Waals surface area contributed by atoms with Gasteiger partial charge in [0.15, 0.2) is 5.82 Å². The smallest absolute Gasteiger partial charge is 0.160 e. The van der Waals surface area contributed by atoms with Gasteiger partial charge in [-0.1, -0.05) is 164 Å². The van der Waals surface area contributed by atoms with Gasteiger partial charge in [0.2, 0.25) is 0 Å². The maximum absolute atomic E-state index is 5.31. The van der Waals surface area contributed by atoms with Crippen molar-refractivity contribution in [2.24, 2.45) is 0 Å². The van der Waals surface area contributed by atoms with Gasteiger partial charge >= 0.3 is 0 Å². The lowest BCUT2D eigenvalue weighted by Gasteiger charge is -2.21. The molecule has 4 heteroatoms. The first kappa shape index (κ1) is 32.3. The van der Waals surface area contributed by atoms with Gasteiger partial charge in [-0.05, 0) is 47.5 Å². The summed E-state index contributed by atoms with van der Waals surface area (Å²) in [7, 11) is 0. The monoisotopic (exact) mass is 731 g/mol. The summed E-state index contributed by atoms with van der Waals surface area (Å²) in [6.07, 6.45) is 0. The molecule has 3 nitrogen and oxygen atoms in total. The fourth-order valence-electron chi connectivity index (χ4n) is 8.26. The van der Waals surface area contributed by atoms with Crippen LogP contribution in [0.1, 0.15) is 0 Å². The Kier molecular flexibility index (Phi) is 7.68. The standard InChI is InChI=1S/C52H33N3S/c1-5-17-34(18-6-1)42-31-38(45-33-44(36-21-9-3-10-22-36)53-52(54-45)37-23-11-4-12-24-37)32-43(35-19-7-2-8-20-35)50(42)55-46-27-15-13-25-39(46)40-29-30-48-49(51(40)55)41-26-14-16-28-47(41)56-48/h1-33H. The van der Waals surface area contributed by atoms with Crippen LogP contribution in [0, 0.1) is 0 Å². The Morgan fingerprint density at radius 3 is 1.54 bits per heavy atom. The number of nitrogens with zero attached hydrogens (tertiary/aromatic N) is 3. The normalized spacial score (nSPS) is 11.6. The van der Waals surface area contributed by atoms with E-state index in [9.17, 15) is 0 Å². The third kappa shape index (κ3) is 5.34. The van der Waals surface area contributed by atoms with Crippen LogP contribution < -0.4 is 0 Å². The number of hydrogen-bond acceptors (Lipinski definition) is 3. The molecular formula is C52H33N3S. The Morgan fingerprint density at radius 1 is 0.375 bits per heavy atom. The van der Waals surface area contributed by atoms with Gasteiger partial charge in [-0.2, -0.15) is 0 Å². The highest BCUT2D eigenvalue weighted by molar-refractivity contribution is 7.26. The molecule has 8 aromatic carbocycles. The Labute approximate surface area is 328 Å². The van der Waals surface area contributed by atoms with Crippen molar-refractivity contribution in [3.63, 3.8) is 0 Å². The molecule has 0 aliphatic carbocycles. The molecule has 0 unspecified atom stereocenters. The molecular weight excluding hydrogens is 699 g/mol. The topological polar surface area (TPSA) is 30.7 Å². The zero-order valence-electron chi connectivity index (χ0n) is 30.3. The highest BCUT2D eigenvalue weighted by Gasteiger charge is 2.24. The van der Waals surface area contributed by atoms with Crippen molar-refractivity contribution in [3.8, 4) is 61.8 Å². The summed E-state index contributed by atoms with van der Waals surface area (Å²) in [4.78, 5) is 10.4. The van der Waals surface area contributed by atoms with Crippen molar-refractivity contribution in [1.29, 1.82) is 0 Å². The highest BCUT2D eigenvalue weighted by Crippen LogP contribution is 2.47. The maximum atomic E-state index is 5.31. The molecule has 0 spiro atoms. The zero-order chi connectivity index (χ0) is 37.0. The van der Waals surface area contributed by atoms with Crippen molar-refractivity contribution in [2.75, 3.05) is 0 Å². The molecule has 0 aliphatic rings. The number of hydrogen-bond donors (Lipinski definition) is 0. The number of aromatic nitrogens is 3. The second-order valence-corrected chi connectivity index (χ2v) is 15.2. The third-order valence-corrected chi connectivity index (χ3v) is 11.9. The van der Waals surface area contributed by atoms with E-state index in [4.69, 9.17) is 9.97 Å². The van der Waals surface area contributed by atoms with Crippen LogP contribution in [0.25, 0.3) is 104 Å². The van der Waals surface area contributed by atoms with E-state index in [1.165, 1.54) is 42.0 Å². The van der Waals surface area contributed by atoms with E-state index in [-0.39, 0.29) is 0 Å². The molecule has 56 heavy (non-hydrogen) atoms. The molecule has 0 bridgehead atoms. The maximum Gasteiger partial charge on any atom is 0.160 e. The number of fused-ring (bicyclic) bond motifs is 7. The second-order valence-electron chi connectivity index (χ2n) is 14.1. The van der Waals surface area contributed by atoms with Gasteiger partial charge in [0.25, 0.3) is 0 Å². The van der Waals surface area contributed by atoms with E-state index in [0.717, 1.165) is 56.0 Å². The minimum Gasteiger partial charge on any atom is -0.307 e. The summed E-state index contributed by atoms with van der Waals surface area (Å²) in [5.74, 6) is 0.697. The van der Waals surface area contributed by atoms with Gasteiger partial charge < -0.3 is 4.57 Å². The molecule has 0 radical (unpaired) electrons. The number of para-hydroxylation sites is 1. The predicted octanol–water partition coefficient (Wildman–Crippen LogP) is 14.3. The molecule has 0 saturated heterocycles. The van der Waals surface area contributed by atoms with E-state index in [0.29, 0.717) is 5.82 Å². The summed E-state index contributed by atoms with van der Waals surface area (Å²) in [6, 6.07) is 71.5. The Morgan fingerprint density at radius 2 is 0.893 bits per heavy atom. The Bertz CT molecular complexity index is 3100. The summed E-state index contributed by atoms with van der Waals surface area (Å²) in [5.41, 5.74) is 12.9. The third-order valence-electron chi connectivity index (χ3n) is 10.8. The van der Waals surface area contributed by atoms with Crippen LogP contribution >= 0.6 is 11.3 Å². The number of thiophene rings is 1. The zero-order valence-corrected chi connectivity index (χ0v) is 31.1. The fourth-order valence-corrected chi connectivity index (χ4v) is 9.37. The minimum atomic E-state index is 0.697. The van der Waals surface area contributed by atoms with Crippen molar-refractivity contribution in [3.05, 3.63) is 200 Å². The van der Waals surface area contributed by atoms with Gasteiger partial charge in [0.05, 0.1) is 28.1 Å². The van der Waals surface area contributed by atoms with Gasteiger partial charge in [-0.15, -0.1) is 11.3 Å². The first-order valence-electron chi connectivity index (χ1n) is 18.9. The molecule has 3 heterocycles. The van der Waals surface area contributed by atoms with Crippen molar-refractivity contribution < 1.29 is 0 Å². The van der Waals surface area contributed by atoms with Gasteiger partial charge in [0.1, 0.15) is 0 Å². The largest absolute Gasteiger partial charge is 0.307 e. The molecule has 11 aromatic rings. The summed E-state index contributed by atoms with van der Waals surface area (Å²) >= 11 is 1.86. The van der Waals surface area contributed by atoms with Crippen molar-refractivity contribution >= 4 is 53.3 Å². The van der Waals surface area contributed by atoms with Gasteiger partial charge in [-0.25, -0.2) is 9.97 Å². The van der Waals surface area contributed by atoms with Crippen LogP contribution in [0.4, 0.5) is 0 Å². The molecule has 3 aromatic heterocycles. The fraction of sp³-hybridized carbons (Fsp3) is 0. The quantitative estimate of drug-likeness (QED) is 0.170. The molecule has 0 amide bonds. The number of benzene rings is 8. The molecule has 11 rings (SSSR count). The first-order valence-corrected chi connectivity index (χ1v) is 19.7. The molecule has 262 valence electrons. The predicted molar refractivity (Wildman–Crippen MR) is 236 cm³/mol. The van der Waals surface area contributed by atoms with Crippen LogP contribution in [0.2, 0.25) is 0 Å². The van der Waals surface area contributed by atoms with Crippen LogP contribution in [-0.4, -0.2) is 14.5 Å². The second kappa shape index (κ2) is 13.3. The molecule has 0 fully saturated rings. The van der Waals surface area contributed by atoms with Crippen molar-refractivity contribution in [1.82, 2.24) is 14.5 Å². The van der Waals surface area contributed by atoms with Gasteiger partial charge in [0, 0.05) is 58.8 Å². The van der Waals surface area contributed by atoms with E-state index < -0.39 is 0 Å². The average molecular weight is 732 g/mol. The number of rotatable bonds is 6. The van der Waals surface area contributed by atoms with E-state index in [1.54, 1.807) is 0 Å². The van der Waals surface area contributed by atoms with E-state index in [1.807, 2.05) is 35.6 Å². The Hall–Kier alpha value is -7.14. The Balaban J connectivity index is 1.30. The van der Waals surface area contributed by atoms with Crippen molar-refractivity contribution in [2.45, 2.75) is 0 Å². The average Bonchev–Trinajstić information content (AvgIpc) is 3.83. The molecule has 0 atom stereocenters.